The maximum atomic E-state index is 8.24. The van der Waals surface area contributed by atoms with Crippen molar-refractivity contribution < 1.29 is 0 Å². The lowest BCUT2D eigenvalue weighted by atomic mass is 10.2. The minimum atomic E-state index is -2.19. The van der Waals surface area contributed by atoms with Gasteiger partial charge in [-0.25, -0.2) is 0 Å². The van der Waals surface area contributed by atoms with Crippen molar-refractivity contribution in [3.8, 4) is 0 Å². The molecule has 0 amide bonds. The number of hydrogen-bond donors (Lipinski definition) is 2. The van der Waals surface area contributed by atoms with E-state index >= 15 is 0 Å². The Morgan fingerprint density at radius 3 is 1.53 bits per heavy atom. The molecule has 0 aliphatic rings. The average molecular weight is 308 g/mol. The molecule has 0 unspecified atom stereocenters. The smallest absolute Gasteiger partial charge is 0.132 e. The highest BCUT2D eigenvalue weighted by Crippen LogP contribution is 2.64. The molecule has 0 radical (unpaired) electrons. The highest BCUT2D eigenvalue weighted by atomic mass is 33.1. The molecule has 0 atom stereocenters. The highest BCUT2D eigenvalue weighted by Gasteiger charge is 2.12. The van der Waals surface area contributed by atoms with E-state index in [-0.39, 0.29) is 0 Å². The lowest BCUT2D eigenvalue weighted by molar-refractivity contribution is 1.42. The van der Waals surface area contributed by atoms with Crippen LogP contribution in [0.4, 0.5) is 0 Å². The van der Waals surface area contributed by atoms with Gasteiger partial charge in [-0.15, -0.1) is 0 Å². The van der Waals surface area contributed by atoms with Gasteiger partial charge < -0.3 is 0 Å². The summed E-state index contributed by atoms with van der Waals surface area (Å²) in [6.45, 7) is 0. The van der Waals surface area contributed by atoms with E-state index < -0.39 is 5.61 Å². The molecule has 19 heavy (non-hydrogen) atoms. The molecular weight excluding hydrogens is 291 g/mol. The molecule has 2 aromatic rings. The maximum Gasteiger partial charge on any atom is 0.132 e. The molecule has 2 aromatic carbocycles. The molecule has 100 valence electrons. The van der Waals surface area contributed by atoms with E-state index in [0.717, 1.165) is 11.5 Å². The van der Waals surface area contributed by atoms with Gasteiger partial charge in [-0.1, -0.05) is 83.4 Å². The Morgan fingerprint density at radius 1 is 0.789 bits per heavy atom. The van der Waals surface area contributed by atoms with Gasteiger partial charge in [-0.05, 0) is 11.1 Å². The van der Waals surface area contributed by atoms with Crippen LogP contribution in [0.3, 0.4) is 0 Å². The Bertz CT molecular complexity index is 498. The summed E-state index contributed by atoms with van der Waals surface area (Å²) < 4.78 is 0. The van der Waals surface area contributed by atoms with E-state index in [9.17, 15) is 0 Å². The van der Waals surface area contributed by atoms with Gasteiger partial charge in [0.1, 0.15) is 5.61 Å². The molecule has 0 saturated heterocycles. The minimum Gasteiger partial charge on any atom is -0.285 e. The Morgan fingerprint density at radius 2 is 1.16 bits per heavy atom. The number of hydrogen-bond acceptors (Lipinski definition) is 3. The molecule has 0 bridgehead atoms. The van der Waals surface area contributed by atoms with E-state index in [4.69, 9.17) is 10.7 Å². The Balaban J connectivity index is 1.84. The van der Waals surface area contributed by atoms with Crippen LogP contribution in [0.25, 0.3) is 0 Å². The van der Waals surface area contributed by atoms with Crippen molar-refractivity contribution >= 4 is 28.4 Å². The van der Waals surface area contributed by atoms with Gasteiger partial charge in [0.15, 0.2) is 0 Å². The van der Waals surface area contributed by atoms with Crippen LogP contribution in [0.2, 0.25) is 0 Å². The Hall–Kier alpha value is -0.670. The first-order valence-electron chi connectivity index (χ1n) is 5.95. The van der Waals surface area contributed by atoms with Crippen LogP contribution in [-0.4, -0.2) is 0 Å². The summed E-state index contributed by atoms with van der Waals surface area (Å²) >= 11 is 3.14. The second-order valence-electron chi connectivity index (χ2n) is 4.12. The third-order valence-electron chi connectivity index (χ3n) is 2.53. The van der Waals surface area contributed by atoms with Gasteiger partial charge in [0, 0.05) is 11.5 Å². The van der Waals surface area contributed by atoms with Crippen LogP contribution in [0.1, 0.15) is 11.1 Å². The molecule has 0 saturated carbocycles. The van der Waals surface area contributed by atoms with E-state index in [1.54, 1.807) is 22.8 Å². The summed E-state index contributed by atoms with van der Waals surface area (Å²) in [7, 11) is 0. The van der Waals surface area contributed by atoms with Crippen molar-refractivity contribution in [3.63, 3.8) is 0 Å². The third-order valence-corrected chi connectivity index (χ3v) is 9.20. The molecule has 2 nitrogen and oxygen atoms in total. The standard InChI is InChI=1S/C14H17N2PS2/c15-17(16,18-11-13-7-3-1-4-8-13)19-12-14-9-5-2-6-10-14/h1-10H,11-12H2,(H3,15,16). The summed E-state index contributed by atoms with van der Waals surface area (Å²) in [6, 6.07) is 20.4. The number of benzene rings is 2. The summed E-state index contributed by atoms with van der Waals surface area (Å²) in [6.07, 6.45) is 0. The molecular formula is C14H17N2PS2. The molecule has 0 heterocycles. The summed E-state index contributed by atoms with van der Waals surface area (Å²) in [4.78, 5) is 0. The zero-order valence-corrected chi connectivity index (χ0v) is 13.1. The second-order valence-corrected chi connectivity index (χ2v) is 12.1. The van der Waals surface area contributed by atoms with E-state index in [1.807, 2.05) is 36.4 Å². The Kier molecular flexibility index (Phi) is 5.59. The van der Waals surface area contributed by atoms with Gasteiger partial charge in [0.2, 0.25) is 0 Å². The van der Waals surface area contributed by atoms with Crippen molar-refractivity contribution in [1.82, 2.24) is 0 Å². The van der Waals surface area contributed by atoms with E-state index in [1.165, 1.54) is 11.1 Å². The van der Waals surface area contributed by atoms with Crippen LogP contribution >= 0.6 is 28.4 Å². The molecule has 0 fully saturated rings. The summed E-state index contributed by atoms with van der Waals surface area (Å²) in [5, 5.41) is 8.24. The fourth-order valence-electron chi connectivity index (χ4n) is 1.53. The van der Waals surface area contributed by atoms with Crippen LogP contribution < -0.4 is 5.50 Å². The molecule has 0 spiro atoms. The fraction of sp³-hybridized carbons (Fsp3) is 0.143. The van der Waals surface area contributed by atoms with Gasteiger partial charge >= 0.3 is 0 Å². The van der Waals surface area contributed by atoms with Crippen LogP contribution in [0.5, 0.6) is 0 Å². The minimum absolute atomic E-state index is 0.816. The molecule has 5 heteroatoms. The zero-order valence-electron chi connectivity index (χ0n) is 10.5. The topological polar surface area (TPSA) is 49.9 Å². The lowest BCUT2D eigenvalue weighted by Gasteiger charge is -2.15. The first kappa shape index (κ1) is 14.7. The molecule has 0 aliphatic heterocycles. The van der Waals surface area contributed by atoms with Crippen molar-refractivity contribution in [2.75, 3.05) is 0 Å². The lowest BCUT2D eigenvalue weighted by Crippen LogP contribution is -1.88. The SMILES string of the molecule is N=P(N)(SCc1ccccc1)SCc1ccccc1. The quantitative estimate of drug-likeness (QED) is 0.708. The number of nitrogens with one attached hydrogen (secondary N) is 1. The molecule has 2 rings (SSSR count). The van der Waals surface area contributed by atoms with Crippen molar-refractivity contribution in [1.29, 1.82) is 5.16 Å². The number of rotatable bonds is 6. The van der Waals surface area contributed by atoms with E-state index in [0.29, 0.717) is 0 Å². The summed E-state index contributed by atoms with van der Waals surface area (Å²) in [5.41, 5.74) is 6.39. The normalized spacial score (nSPS) is 11.4. The second kappa shape index (κ2) is 7.20. The first-order chi connectivity index (χ1) is 9.16. The summed E-state index contributed by atoms with van der Waals surface area (Å²) in [5.74, 6) is 1.63. The first-order valence-corrected chi connectivity index (χ1v) is 11.0. The largest absolute Gasteiger partial charge is 0.285 e. The van der Waals surface area contributed by atoms with Crippen molar-refractivity contribution in [2.24, 2.45) is 5.50 Å². The Labute approximate surface area is 122 Å². The monoisotopic (exact) mass is 308 g/mol. The van der Waals surface area contributed by atoms with Crippen LogP contribution in [0.15, 0.2) is 60.7 Å². The van der Waals surface area contributed by atoms with Gasteiger partial charge in [-0.3, -0.25) is 10.7 Å². The molecule has 0 aromatic heterocycles. The van der Waals surface area contributed by atoms with Gasteiger partial charge in [0.25, 0.3) is 0 Å². The molecule has 3 N–H and O–H groups in total. The molecule has 0 aliphatic carbocycles. The highest BCUT2D eigenvalue weighted by molar-refractivity contribution is 8.89. The zero-order chi connectivity index (χ0) is 13.6. The van der Waals surface area contributed by atoms with Gasteiger partial charge in [-0.2, -0.15) is 0 Å². The van der Waals surface area contributed by atoms with Crippen LogP contribution in [0, 0.1) is 5.16 Å². The predicted octanol–water partition coefficient (Wildman–Crippen LogP) is 5.34. The van der Waals surface area contributed by atoms with Gasteiger partial charge in [0.05, 0.1) is 0 Å². The van der Waals surface area contributed by atoms with Crippen LogP contribution in [-0.2, 0) is 11.5 Å². The fourth-order valence-corrected chi connectivity index (χ4v) is 6.56. The number of nitrogens with two attached hydrogens (primary N) is 1. The average Bonchev–Trinajstić information content (AvgIpc) is 2.46. The maximum absolute atomic E-state index is 8.24. The van der Waals surface area contributed by atoms with Crippen molar-refractivity contribution in [3.05, 3.63) is 71.8 Å². The predicted molar refractivity (Wildman–Crippen MR) is 89.3 cm³/mol. The van der Waals surface area contributed by atoms with E-state index in [2.05, 4.69) is 24.3 Å². The van der Waals surface area contributed by atoms with Crippen molar-refractivity contribution in [2.45, 2.75) is 11.5 Å². The third kappa shape index (κ3) is 5.45.